The number of nitrogens with zero attached hydrogens (tertiary/aromatic N) is 2. The minimum atomic E-state index is 0. The van der Waals surface area contributed by atoms with Crippen molar-refractivity contribution in [1.29, 1.82) is 5.41 Å². The number of thiazole rings is 1. The Morgan fingerprint density at radius 1 is 1.03 bits per heavy atom. The molecular weight excluding hydrogens is 477 g/mol. The lowest BCUT2D eigenvalue weighted by Crippen LogP contribution is -3.00. The molecule has 33 heavy (non-hydrogen) atoms. The fourth-order valence-corrected chi connectivity index (χ4v) is 5.14. The Balaban J connectivity index is 0.00000272. The number of aromatic nitrogens is 1. The molecule has 0 unspecified atom stereocenters. The van der Waals surface area contributed by atoms with Gasteiger partial charge in [0, 0.05) is 45.0 Å². The number of rotatable bonds is 13. The number of amidine groups is 1. The van der Waals surface area contributed by atoms with Crippen LogP contribution in [0, 0.1) is 12.3 Å². The summed E-state index contributed by atoms with van der Waals surface area (Å²) >= 11 is 1.76. The van der Waals surface area contributed by atoms with Crippen molar-refractivity contribution in [1.82, 2.24) is 4.90 Å². The summed E-state index contributed by atoms with van der Waals surface area (Å²) in [6.07, 6.45) is 10.5. The highest BCUT2D eigenvalue weighted by molar-refractivity contribution is 7.09. The molecule has 0 amide bonds. The standard InChI is InChI=1S/C25H38N3O2S.2ClH/c1-21-24(14-18-29)31-20-28(21)17-6-4-2-3-5-9-19-30-23-12-10-22(11-13-23)25(26)27-15-7-8-16-27;;/h10-13,20,26,29H,2-9,14-19H2,1H3;2*1H/q+1;;/p-2. The summed E-state index contributed by atoms with van der Waals surface area (Å²) < 4.78 is 8.22. The van der Waals surface area contributed by atoms with Crippen molar-refractivity contribution in [3.63, 3.8) is 0 Å². The van der Waals surface area contributed by atoms with Gasteiger partial charge in [0.25, 0.3) is 0 Å². The topological polar surface area (TPSA) is 60.4 Å². The predicted molar refractivity (Wildman–Crippen MR) is 127 cm³/mol. The molecule has 1 aromatic heterocycles. The van der Waals surface area contributed by atoms with Crippen LogP contribution >= 0.6 is 11.3 Å². The minimum Gasteiger partial charge on any atom is -1.00 e. The Kier molecular flexibility index (Phi) is 14.7. The number of halogens is 2. The third-order valence-corrected chi connectivity index (χ3v) is 7.25. The molecule has 1 aliphatic rings. The number of hydrogen-bond acceptors (Lipinski definition) is 4. The van der Waals surface area contributed by atoms with Gasteiger partial charge in [-0.1, -0.05) is 30.6 Å². The van der Waals surface area contributed by atoms with Crippen LogP contribution in [-0.4, -0.2) is 42.1 Å². The van der Waals surface area contributed by atoms with Crippen molar-refractivity contribution in [2.24, 2.45) is 0 Å². The predicted octanol–water partition coefficient (Wildman–Crippen LogP) is -1.27. The van der Waals surface area contributed by atoms with Crippen molar-refractivity contribution in [2.75, 3.05) is 26.3 Å². The van der Waals surface area contributed by atoms with Gasteiger partial charge in [0.1, 0.15) is 18.1 Å². The first-order valence-electron chi connectivity index (χ1n) is 11.8. The van der Waals surface area contributed by atoms with E-state index in [1.807, 2.05) is 24.3 Å². The van der Waals surface area contributed by atoms with Gasteiger partial charge in [-0.25, -0.2) is 0 Å². The summed E-state index contributed by atoms with van der Waals surface area (Å²) in [5, 5.41) is 17.4. The van der Waals surface area contributed by atoms with Gasteiger partial charge >= 0.3 is 0 Å². The summed E-state index contributed by atoms with van der Waals surface area (Å²) in [7, 11) is 0. The quantitative estimate of drug-likeness (QED) is 0.151. The lowest BCUT2D eigenvalue weighted by molar-refractivity contribution is -0.698. The van der Waals surface area contributed by atoms with Gasteiger partial charge in [-0.2, -0.15) is 4.57 Å². The Labute approximate surface area is 215 Å². The van der Waals surface area contributed by atoms with Crippen LogP contribution in [0.4, 0.5) is 0 Å². The smallest absolute Gasteiger partial charge is 0.225 e. The molecule has 0 atom stereocenters. The molecule has 1 saturated heterocycles. The third kappa shape index (κ3) is 9.44. The van der Waals surface area contributed by atoms with E-state index in [4.69, 9.17) is 15.3 Å². The van der Waals surface area contributed by atoms with Crippen molar-refractivity contribution < 1.29 is 39.2 Å². The van der Waals surface area contributed by atoms with Crippen molar-refractivity contribution in [2.45, 2.75) is 71.3 Å². The van der Waals surface area contributed by atoms with Crippen LogP contribution < -0.4 is 34.1 Å². The summed E-state index contributed by atoms with van der Waals surface area (Å²) in [6, 6.07) is 8.01. The van der Waals surface area contributed by atoms with Gasteiger partial charge in [0.15, 0.2) is 5.69 Å². The number of ether oxygens (including phenoxy) is 1. The van der Waals surface area contributed by atoms with Gasteiger partial charge in [-0.15, -0.1) is 0 Å². The highest BCUT2D eigenvalue weighted by Gasteiger charge is 2.16. The highest BCUT2D eigenvalue weighted by Crippen LogP contribution is 2.17. The Morgan fingerprint density at radius 3 is 2.33 bits per heavy atom. The van der Waals surface area contributed by atoms with E-state index in [1.54, 1.807) is 11.3 Å². The van der Waals surface area contributed by atoms with Crippen LogP contribution in [0.3, 0.4) is 0 Å². The van der Waals surface area contributed by atoms with E-state index < -0.39 is 0 Å². The average Bonchev–Trinajstić information content (AvgIpc) is 3.44. The zero-order chi connectivity index (χ0) is 21.9. The monoisotopic (exact) mass is 514 g/mol. The first-order chi connectivity index (χ1) is 15.2. The number of hydrogen-bond donors (Lipinski definition) is 2. The van der Waals surface area contributed by atoms with Crippen LogP contribution in [0.5, 0.6) is 5.75 Å². The lowest BCUT2D eigenvalue weighted by atomic mass is 10.1. The zero-order valence-corrected chi connectivity index (χ0v) is 22.0. The fraction of sp³-hybridized carbons (Fsp3) is 0.600. The second kappa shape index (κ2) is 16.3. The molecule has 2 heterocycles. The maximum atomic E-state index is 9.10. The molecule has 1 fully saturated rings. The third-order valence-electron chi connectivity index (χ3n) is 6.11. The molecule has 2 N–H and O–H groups in total. The largest absolute Gasteiger partial charge is 1.00 e. The molecule has 0 spiro atoms. The molecular formula is C25H38Cl2N3O2S-. The summed E-state index contributed by atoms with van der Waals surface area (Å²) in [5.74, 6) is 1.55. The number of unbranched alkanes of at least 4 members (excludes halogenated alkanes) is 5. The number of benzene rings is 1. The molecule has 0 aliphatic carbocycles. The van der Waals surface area contributed by atoms with Crippen molar-refractivity contribution >= 4 is 17.2 Å². The van der Waals surface area contributed by atoms with Gasteiger partial charge in [0.05, 0.1) is 11.5 Å². The van der Waals surface area contributed by atoms with E-state index in [0.29, 0.717) is 5.84 Å². The number of likely N-dealkylation sites (tertiary alicyclic amines) is 1. The first kappa shape index (κ1) is 29.7. The minimum absolute atomic E-state index is 0. The fourth-order valence-electron chi connectivity index (χ4n) is 4.13. The van der Waals surface area contributed by atoms with E-state index in [2.05, 4.69) is 21.9 Å². The maximum absolute atomic E-state index is 9.10. The van der Waals surface area contributed by atoms with E-state index >= 15 is 0 Å². The number of aryl methyl sites for hydroxylation is 1. The first-order valence-corrected chi connectivity index (χ1v) is 12.7. The lowest BCUT2D eigenvalue weighted by Gasteiger charge is -2.18. The zero-order valence-electron chi connectivity index (χ0n) is 19.7. The van der Waals surface area contributed by atoms with Crippen LogP contribution in [0.2, 0.25) is 0 Å². The van der Waals surface area contributed by atoms with Crippen molar-refractivity contribution in [3.05, 3.63) is 45.9 Å². The number of nitrogens with one attached hydrogen (secondary N) is 1. The molecule has 3 rings (SSSR count). The van der Waals surface area contributed by atoms with Crippen LogP contribution in [0.15, 0.2) is 29.8 Å². The number of aliphatic hydroxyl groups is 1. The summed E-state index contributed by atoms with van der Waals surface area (Å²) in [5.41, 5.74) is 4.49. The SMILES string of the molecule is Cc1c(CCO)sc[n+]1CCCCCCCCOc1ccc(C(=N)N2CCCC2)cc1.[Cl-].[Cl-]. The van der Waals surface area contributed by atoms with Gasteiger partial charge < -0.3 is 39.6 Å². The molecule has 0 bridgehead atoms. The van der Waals surface area contributed by atoms with Gasteiger partial charge in [-0.3, -0.25) is 5.41 Å². The molecule has 0 saturated carbocycles. The van der Waals surface area contributed by atoms with E-state index in [-0.39, 0.29) is 31.4 Å². The molecule has 2 aromatic rings. The van der Waals surface area contributed by atoms with E-state index in [1.165, 1.54) is 55.5 Å². The van der Waals surface area contributed by atoms with Gasteiger partial charge in [0.2, 0.25) is 5.51 Å². The number of aliphatic hydroxyl groups excluding tert-OH is 1. The van der Waals surface area contributed by atoms with Crippen LogP contribution in [-0.2, 0) is 13.0 Å². The van der Waals surface area contributed by atoms with Crippen LogP contribution in [0.1, 0.15) is 67.5 Å². The second-order valence-corrected chi connectivity index (χ2v) is 9.38. The van der Waals surface area contributed by atoms with Crippen LogP contribution in [0.25, 0.3) is 0 Å². The molecule has 0 radical (unpaired) electrons. The average molecular weight is 516 g/mol. The summed E-state index contributed by atoms with van der Waals surface area (Å²) in [4.78, 5) is 3.46. The Hall–Kier alpha value is -1.34. The van der Waals surface area contributed by atoms with Crippen molar-refractivity contribution in [3.8, 4) is 5.75 Å². The van der Waals surface area contributed by atoms with E-state index in [9.17, 15) is 0 Å². The molecule has 1 aliphatic heterocycles. The van der Waals surface area contributed by atoms with E-state index in [0.717, 1.165) is 50.4 Å². The highest BCUT2D eigenvalue weighted by atomic mass is 35.5. The molecule has 1 aromatic carbocycles. The summed E-state index contributed by atoms with van der Waals surface area (Å²) in [6.45, 7) is 6.26. The van der Waals surface area contributed by atoms with Gasteiger partial charge in [-0.05, 0) is 49.9 Å². The molecule has 186 valence electrons. The molecule has 8 heteroatoms. The maximum Gasteiger partial charge on any atom is 0.225 e. The Bertz CT molecular complexity index is 808. The normalized spacial score (nSPS) is 12.8. The Morgan fingerprint density at radius 2 is 1.67 bits per heavy atom. The second-order valence-electron chi connectivity index (χ2n) is 8.44. The molecule has 5 nitrogen and oxygen atoms in total.